The smallest absolute Gasteiger partial charge is 0.329 e. The molecule has 5 nitrogen and oxygen atoms in total. The highest BCUT2D eigenvalue weighted by Crippen LogP contribution is 2.22. The molecule has 0 saturated heterocycles. The standard InChI is InChI=1S/C10H9BrFNO4/c11-7-3-6(12)1-2-8(7)13-9(14)4-17-5-10(15)16/h1-3H,4-5H2,(H,13,14)(H,15,16). The van der Waals surface area contributed by atoms with E-state index in [-0.39, 0.29) is 6.61 Å². The first-order valence-corrected chi connectivity index (χ1v) is 5.33. The minimum absolute atomic E-state index is 0.379. The molecule has 7 heteroatoms. The van der Waals surface area contributed by atoms with Gasteiger partial charge >= 0.3 is 5.97 Å². The summed E-state index contributed by atoms with van der Waals surface area (Å²) >= 11 is 3.08. The number of rotatable bonds is 5. The van der Waals surface area contributed by atoms with Crippen LogP contribution >= 0.6 is 15.9 Å². The summed E-state index contributed by atoms with van der Waals surface area (Å²) in [4.78, 5) is 21.4. The van der Waals surface area contributed by atoms with Crippen LogP contribution in [-0.4, -0.2) is 30.2 Å². The van der Waals surface area contributed by atoms with Crippen LogP contribution in [-0.2, 0) is 14.3 Å². The van der Waals surface area contributed by atoms with E-state index >= 15 is 0 Å². The average Bonchev–Trinajstić information content (AvgIpc) is 2.21. The summed E-state index contributed by atoms with van der Waals surface area (Å²) in [5, 5.41) is 10.7. The maximum absolute atomic E-state index is 12.7. The normalized spacial score (nSPS) is 10.0. The van der Waals surface area contributed by atoms with Crippen molar-refractivity contribution in [3.8, 4) is 0 Å². The van der Waals surface area contributed by atoms with Crippen LogP contribution in [0.5, 0.6) is 0 Å². The molecule has 1 amide bonds. The first-order chi connectivity index (χ1) is 7.99. The topological polar surface area (TPSA) is 75.6 Å². The number of benzene rings is 1. The number of anilines is 1. The van der Waals surface area contributed by atoms with Crippen LogP contribution in [0.3, 0.4) is 0 Å². The van der Waals surface area contributed by atoms with Crippen molar-refractivity contribution in [1.29, 1.82) is 0 Å². The molecular formula is C10H9BrFNO4. The molecule has 1 rings (SSSR count). The Morgan fingerprint density at radius 1 is 1.41 bits per heavy atom. The van der Waals surface area contributed by atoms with Crippen molar-refractivity contribution >= 4 is 33.5 Å². The Hall–Kier alpha value is -1.47. The minimum atomic E-state index is -1.15. The molecule has 0 bridgehead atoms. The Labute approximate surface area is 105 Å². The predicted molar refractivity (Wildman–Crippen MR) is 61.2 cm³/mol. The summed E-state index contributed by atoms with van der Waals surface area (Å²) in [6.45, 7) is -0.922. The summed E-state index contributed by atoms with van der Waals surface area (Å²) in [5.74, 6) is -2.10. The first-order valence-electron chi connectivity index (χ1n) is 4.53. The van der Waals surface area contributed by atoms with Gasteiger partial charge in [0.25, 0.3) is 0 Å². The Morgan fingerprint density at radius 3 is 2.71 bits per heavy atom. The number of carbonyl (C=O) groups is 2. The fourth-order valence-corrected chi connectivity index (χ4v) is 1.46. The van der Waals surface area contributed by atoms with Gasteiger partial charge in [0.15, 0.2) is 0 Å². The van der Waals surface area contributed by atoms with Crippen LogP contribution in [0.1, 0.15) is 0 Å². The second kappa shape index (κ2) is 6.31. The number of carboxylic acid groups (broad SMARTS) is 1. The third-order valence-corrected chi connectivity index (χ3v) is 2.32. The summed E-state index contributed by atoms with van der Waals surface area (Å²) in [6.07, 6.45) is 0. The van der Waals surface area contributed by atoms with Gasteiger partial charge < -0.3 is 15.2 Å². The zero-order valence-corrected chi connectivity index (χ0v) is 10.2. The van der Waals surface area contributed by atoms with Gasteiger partial charge in [0.2, 0.25) is 5.91 Å². The number of amides is 1. The van der Waals surface area contributed by atoms with E-state index in [1.165, 1.54) is 18.2 Å². The van der Waals surface area contributed by atoms with E-state index in [0.29, 0.717) is 10.2 Å². The number of nitrogens with one attached hydrogen (secondary N) is 1. The predicted octanol–water partition coefficient (Wildman–Crippen LogP) is 1.63. The molecule has 0 unspecified atom stereocenters. The van der Waals surface area contributed by atoms with Crippen molar-refractivity contribution in [2.75, 3.05) is 18.5 Å². The summed E-state index contributed by atoms with van der Waals surface area (Å²) in [5.41, 5.74) is 0.385. The van der Waals surface area contributed by atoms with E-state index in [2.05, 4.69) is 26.0 Å². The van der Waals surface area contributed by atoms with E-state index in [4.69, 9.17) is 5.11 Å². The number of carboxylic acids is 1. The van der Waals surface area contributed by atoms with Gasteiger partial charge in [0.1, 0.15) is 19.0 Å². The lowest BCUT2D eigenvalue weighted by molar-refractivity contribution is -0.143. The third kappa shape index (κ3) is 4.92. The molecule has 0 aliphatic carbocycles. The SMILES string of the molecule is O=C(O)COCC(=O)Nc1ccc(F)cc1Br. The van der Waals surface area contributed by atoms with Crippen molar-refractivity contribution in [2.24, 2.45) is 0 Å². The molecule has 0 spiro atoms. The van der Waals surface area contributed by atoms with Gasteiger partial charge in [0.05, 0.1) is 5.69 Å². The number of halogens is 2. The molecule has 0 aliphatic rings. The van der Waals surface area contributed by atoms with Crippen molar-refractivity contribution in [3.63, 3.8) is 0 Å². The van der Waals surface area contributed by atoms with E-state index < -0.39 is 24.3 Å². The Balaban J connectivity index is 2.48. The number of carbonyl (C=O) groups excluding carboxylic acids is 1. The summed E-state index contributed by atoms with van der Waals surface area (Å²) in [7, 11) is 0. The second-order valence-electron chi connectivity index (χ2n) is 3.06. The van der Waals surface area contributed by atoms with Gasteiger partial charge in [-0.25, -0.2) is 9.18 Å². The molecule has 0 saturated carbocycles. The minimum Gasteiger partial charge on any atom is -0.480 e. The van der Waals surface area contributed by atoms with Gasteiger partial charge in [-0.2, -0.15) is 0 Å². The lowest BCUT2D eigenvalue weighted by Gasteiger charge is -2.07. The van der Waals surface area contributed by atoms with Crippen LogP contribution in [0, 0.1) is 5.82 Å². The van der Waals surface area contributed by atoms with Gasteiger partial charge in [0, 0.05) is 4.47 Å². The van der Waals surface area contributed by atoms with E-state index in [1.54, 1.807) is 0 Å². The van der Waals surface area contributed by atoms with Crippen LogP contribution < -0.4 is 5.32 Å². The van der Waals surface area contributed by atoms with E-state index in [0.717, 1.165) is 0 Å². The molecule has 0 heterocycles. The molecule has 0 fully saturated rings. The average molecular weight is 306 g/mol. The third-order valence-electron chi connectivity index (χ3n) is 1.66. The molecular weight excluding hydrogens is 297 g/mol. The highest BCUT2D eigenvalue weighted by molar-refractivity contribution is 9.10. The highest BCUT2D eigenvalue weighted by Gasteiger charge is 2.07. The van der Waals surface area contributed by atoms with E-state index in [9.17, 15) is 14.0 Å². The Morgan fingerprint density at radius 2 is 2.12 bits per heavy atom. The fraction of sp³-hybridized carbons (Fsp3) is 0.200. The van der Waals surface area contributed by atoms with Gasteiger partial charge in [-0.1, -0.05) is 0 Å². The molecule has 1 aromatic carbocycles. The lowest BCUT2D eigenvalue weighted by Crippen LogP contribution is -2.20. The van der Waals surface area contributed by atoms with Gasteiger partial charge in [-0.3, -0.25) is 4.79 Å². The Bertz CT molecular complexity index is 438. The summed E-state index contributed by atoms with van der Waals surface area (Å²) < 4.78 is 17.7. The molecule has 0 aromatic heterocycles. The first kappa shape index (κ1) is 13.6. The number of hydrogen-bond acceptors (Lipinski definition) is 3. The van der Waals surface area contributed by atoms with Crippen molar-refractivity contribution in [3.05, 3.63) is 28.5 Å². The van der Waals surface area contributed by atoms with Crippen LogP contribution in [0.2, 0.25) is 0 Å². The van der Waals surface area contributed by atoms with Crippen LogP contribution in [0.25, 0.3) is 0 Å². The monoisotopic (exact) mass is 305 g/mol. The van der Waals surface area contributed by atoms with Crippen molar-refractivity contribution < 1.29 is 23.8 Å². The number of aliphatic carboxylic acids is 1. The largest absolute Gasteiger partial charge is 0.480 e. The number of hydrogen-bond donors (Lipinski definition) is 2. The fourth-order valence-electron chi connectivity index (χ4n) is 1.01. The number of ether oxygens (including phenoxy) is 1. The summed E-state index contributed by atoms with van der Waals surface area (Å²) in [6, 6.07) is 3.78. The zero-order chi connectivity index (χ0) is 12.8. The van der Waals surface area contributed by atoms with Gasteiger partial charge in [-0.15, -0.1) is 0 Å². The van der Waals surface area contributed by atoms with Gasteiger partial charge in [-0.05, 0) is 34.1 Å². The second-order valence-corrected chi connectivity index (χ2v) is 3.91. The molecule has 0 aliphatic heterocycles. The van der Waals surface area contributed by atoms with E-state index in [1.807, 2.05) is 0 Å². The van der Waals surface area contributed by atoms with Crippen LogP contribution in [0.15, 0.2) is 22.7 Å². The molecule has 0 atom stereocenters. The van der Waals surface area contributed by atoms with Crippen molar-refractivity contribution in [1.82, 2.24) is 0 Å². The quantitative estimate of drug-likeness (QED) is 0.867. The maximum atomic E-state index is 12.7. The van der Waals surface area contributed by atoms with Crippen LogP contribution in [0.4, 0.5) is 10.1 Å². The molecule has 2 N–H and O–H groups in total. The highest BCUT2D eigenvalue weighted by atomic mass is 79.9. The molecule has 92 valence electrons. The zero-order valence-electron chi connectivity index (χ0n) is 8.57. The Kier molecular flexibility index (Phi) is 5.05. The molecule has 1 aromatic rings. The maximum Gasteiger partial charge on any atom is 0.329 e. The molecule has 17 heavy (non-hydrogen) atoms. The molecule has 0 radical (unpaired) electrons. The van der Waals surface area contributed by atoms with Crippen molar-refractivity contribution in [2.45, 2.75) is 0 Å². The lowest BCUT2D eigenvalue weighted by atomic mass is 10.3.